The summed E-state index contributed by atoms with van der Waals surface area (Å²) in [7, 11) is 0. The zero-order chi connectivity index (χ0) is 12.4. The molecule has 2 nitrogen and oxygen atoms in total. The third-order valence-corrected chi connectivity index (χ3v) is 5.30. The van der Waals surface area contributed by atoms with E-state index >= 15 is 0 Å². The minimum Gasteiger partial charge on any atom is -0.312 e. The summed E-state index contributed by atoms with van der Waals surface area (Å²) in [4.78, 5) is 12.4. The second-order valence-corrected chi connectivity index (χ2v) is 6.56. The summed E-state index contributed by atoms with van der Waals surface area (Å²) in [6.45, 7) is 1.02. The Balaban J connectivity index is 1.81. The number of thioether (sulfide) groups is 1. The molecule has 0 bridgehead atoms. The molecule has 18 heavy (non-hydrogen) atoms. The molecule has 1 aromatic heterocycles. The highest BCUT2D eigenvalue weighted by molar-refractivity contribution is 7.99. The highest BCUT2D eigenvalue weighted by Crippen LogP contribution is 2.26. The Morgan fingerprint density at radius 2 is 2.33 bits per heavy atom. The number of ketones is 1. The molecule has 2 aromatic rings. The number of thiophene rings is 1. The van der Waals surface area contributed by atoms with Crippen molar-refractivity contribution in [1.82, 2.24) is 5.32 Å². The van der Waals surface area contributed by atoms with Crippen LogP contribution in [0.1, 0.15) is 16.8 Å². The molecule has 1 N–H and O–H groups in total. The van der Waals surface area contributed by atoms with Gasteiger partial charge < -0.3 is 5.32 Å². The standard InChI is InChI=1S/C14H15NOS2/c16-13(8-11-9-17-7-5-15-11)12-3-1-2-10-4-6-18-14(10)12/h1-4,6,11,15H,5,7-9H2. The van der Waals surface area contributed by atoms with Gasteiger partial charge in [-0.15, -0.1) is 11.3 Å². The summed E-state index contributed by atoms with van der Waals surface area (Å²) in [6.07, 6.45) is 0.615. The van der Waals surface area contributed by atoms with Crippen LogP contribution < -0.4 is 5.32 Å². The number of carbonyl (C=O) groups is 1. The van der Waals surface area contributed by atoms with Crippen molar-refractivity contribution in [2.24, 2.45) is 0 Å². The van der Waals surface area contributed by atoms with Gasteiger partial charge in [0.15, 0.2) is 5.78 Å². The Morgan fingerprint density at radius 1 is 1.39 bits per heavy atom. The zero-order valence-corrected chi connectivity index (χ0v) is 11.7. The van der Waals surface area contributed by atoms with Gasteiger partial charge in [0.05, 0.1) is 0 Å². The molecule has 3 rings (SSSR count). The van der Waals surface area contributed by atoms with Gasteiger partial charge in [-0.25, -0.2) is 0 Å². The Hall–Kier alpha value is -0.840. The van der Waals surface area contributed by atoms with Gasteiger partial charge >= 0.3 is 0 Å². The first-order valence-electron chi connectivity index (χ1n) is 6.15. The first-order valence-corrected chi connectivity index (χ1v) is 8.18. The topological polar surface area (TPSA) is 29.1 Å². The molecule has 94 valence electrons. The van der Waals surface area contributed by atoms with E-state index in [9.17, 15) is 4.79 Å². The lowest BCUT2D eigenvalue weighted by molar-refractivity contribution is 0.0974. The van der Waals surface area contributed by atoms with Crippen molar-refractivity contribution in [1.29, 1.82) is 0 Å². The van der Waals surface area contributed by atoms with Crippen LogP contribution in [-0.2, 0) is 0 Å². The molecule has 1 aromatic carbocycles. The quantitative estimate of drug-likeness (QED) is 0.874. The monoisotopic (exact) mass is 277 g/mol. The van der Waals surface area contributed by atoms with Crippen molar-refractivity contribution in [2.75, 3.05) is 18.1 Å². The molecule has 0 spiro atoms. The molecule has 2 heterocycles. The van der Waals surface area contributed by atoms with E-state index in [4.69, 9.17) is 0 Å². The zero-order valence-electron chi connectivity index (χ0n) is 10.0. The summed E-state index contributed by atoms with van der Waals surface area (Å²) in [6, 6.07) is 8.41. The smallest absolute Gasteiger partial charge is 0.165 e. The molecule has 1 aliphatic rings. The lowest BCUT2D eigenvalue weighted by atomic mass is 10.0. The lowest BCUT2D eigenvalue weighted by Crippen LogP contribution is -2.38. The second kappa shape index (κ2) is 5.43. The molecule has 0 saturated carbocycles. The number of Topliss-reactive ketones (excluding diaryl/α,β-unsaturated/α-hetero) is 1. The minimum atomic E-state index is 0.267. The van der Waals surface area contributed by atoms with E-state index in [-0.39, 0.29) is 5.78 Å². The second-order valence-electron chi connectivity index (χ2n) is 4.50. The van der Waals surface area contributed by atoms with Crippen LogP contribution in [0.3, 0.4) is 0 Å². The molecular formula is C14H15NOS2. The molecule has 4 heteroatoms. The van der Waals surface area contributed by atoms with Gasteiger partial charge in [-0.05, 0) is 22.9 Å². The number of rotatable bonds is 3. The normalized spacial score (nSPS) is 20.1. The van der Waals surface area contributed by atoms with Crippen LogP contribution in [0.5, 0.6) is 0 Å². The average Bonchev–Trinajstić information content (AvgIpc) is 2.87. The Labute approximate surface area is 115 Å². The Kier molecular flexibility index (Phi) is 3.68. The van der Waals surface area contributed by atoms with Gasteiger partial charge in [0.25, 0.3) is 0 Å². The van der Waals surface area contributed by atoms with Crippen molar-refractivity contribution in [2.45, 2.75) is 12.5 Å². The van der Waals surface area contributed by atoms with Crippen LogP contribution in [0.4, 0.5) is 0 Å². The van der Waals surface area contributed by atoms with Gasteiger partial charge in [-0.1, -0.05) is 12.1 Å². The van der Waals surface area contributed by atoms with Gasteiger partial charge in [-0.2, -0.15) is 11.8 Å². The molecule has 1 aliphatic heterocycles. The third kappa shape index (κ3) is 2.46. The number of benzene rings is 1. The van der Waals surface area contributed by atoms with Gasteiger partial charge in [0.1, 0.15) is 0 Å². The van der Waals surface area contributed by atoms with Crippen molar-refractivity contribution < 1.29 is 4.79 Å². The lowest BCUT2D eigenvalue weighted by Gasteiger charge is -2.22. The van der Waals surface area contributed by atoms with E-state index in [1.165, 1.54) is 5.39 Å². The van der Waals surface area contributed by atoms with Crippen LogP contribution in [-0.4, -0.2) is 29.9 Å². The molecule has 0 aliphatic carbocycles. The summed E-state index contributed by atoms with van der Waals surface area (Å²) < 4.78 is 1.13. The predicted octanol–water partition coefficient (Wildman–Crippen LogP) is 3.18. The van der Waals surface area contributed by atoms with Gasteiger partial charge in [0.2, 0.25) is 0 Å². The molecule has 1 saturated heterocycles. The number of hydrogen-bond donors (Lipinski definition) is 1. The van der Waals surface area contributed by atoms with E-state index in [2.05, 4.69) is 22.8 Å². The summed E-state index contributed by atoms with van der Waals surface area (Å²) in [5.74, 6) is 2.47. The van der Waals surface area contributed by atoms with Gasteiger partial charge in [-0.3, -0.25) is 4.79 Å². The Morgan fingerprint density at radius 3 is 3.17 bits per heavy atom. The van der Waals surface area contributed by atoms with Crippen LogP contribution in [0.15, 0.2) is 29.6 Å². The molecule has 1 fully saturated rings. The maximum atomic E-state index is 12.4. The molecule has 1 unspecified atom stereocenters. The van der Waals surface area contributed by atoms with Gasteiger partial charge in [0, 0.05) is 40.8 Å². The highest BCUT2D eigenvalue weighted by Gasteiger charge is 2.19. The Bertz CT molecular complexity index is 558. The van der Waals surface area contributed by atoms with E-state index < -0.39 is 0 Å². The average molecular weight is 277 g/mol. The highest BCUT2D eigenvalue weighted by atomic mass is 32.2. The van der Waals surface area contributed by atoms with Crippen molar-refractivity contribution in [3.8, 4) is 0 Å². The van der Waals surface area contributed by atoms with Crippen molar-refractivity contribution in [3.63, 3.8) is 0 Å². The van der Waals surface area contributed by atoms with Crippen LogP contribution in [0, 0.1) is 0 Å². The number of nitrogens with one attached hydrogen (secondary N) is 1. The molecule has 0 amide bonds. The maximum absolute atomic E-state index is 12.4. The molecular weight excluding hydrogens is 262 g/mol. The van der Waals surface area contributed by atoms with E-state index in [1.807, 2.05) is 23.9 Å². The van der Waals surface area contributed by atoms with E-state index in [1.54, 1.807) is 11.3 Å². The van der Waals surface area contributed by atoms with Crippen LogP contribution in [0.25, 0.3) is 10.1 Å². The van der Waals surface area contributed by atoms with Crippen LogP contribution in [0.2, 0.25) is 0 Å². The SMILES string of the molecule is O=C(CC1CSCCN1)c1cccc2ccsc12. The number of fused-ring (bicyclic) bond motifs is 1. The van der Waals surface area contributed by atoms with E-state index in [0.29, 0.717) is 12.5 Å². The minimum absolute atomic E-state index is 0.267. The summed E-state index contributed by atoms with van der Waals surface area (Å²) in [5, 5.41) is 6.65. The fraction of sp³-hybridized carbons (Fsp3) is 0.357. The first-order chi connectivity index (χ1) is 8.84. The van der Waals surface area contributed by atoms with Crippen LogP contribution >= 0.6 is 23.1 Å². The summed E-state index contributed by atoms with van der Waals surface area (Å²) in [5.41, 5.74) is 0.889. The van der Waals surface area contributed by atoms with Crippen molar-refractivity contribution >= 4 is 39.0 Å². The fourth-order valence-corrected chi connectivity index (χ4v) is 4.18. The third-order valence-electron chi connectivity index (χ3n) is 3.21. The fourth-order valence-electron chi connectivity index (χ4n) is 2.30. The van der Waals surface area contributed by atoms with Crippen molar-refractivity contribution in [3.05, 3.63) is 35.2 Å². The van der Waals surface area contributed by atoms with E-state index in [0.717, 1.165) is 28.3 Å². The molecule has 0 radical (unpaired) electrons. The molecule has 1 atom stereocenters. The number of hydrogen-bond acceptors (Lipinski definition) is 4. The predicted molar refractivity (Wildman–Crippen MR) is 79.9 cm³/mol. The summed E-state index contributed by atoms with van der Waals surface area (Å²) >= 11 is 3.59. The largest absolute Gasteiger partial charge is 0.312 e. The first kappa shape index (κ1) is 12.2. The number of carbonyl (C=O) groups excluding carboxylic acids is 1. The maximum Gasteiger partial charge on any atom is 0.165 e.